The molecule has 0 unspecified atom stereocenters. The minimum absolute atomic E-state index is 0.00609. The lowest BCUT2D eigenvalue weighted by Crippen LogP contribution is -1.91. The Morgan fingerprint density at radius 1 is 1.38 bits per heavy atom. The van der Waals surface area contributed by atoms with Crippen LogP contribution in [0, 0.1) is 22.7 Å². The number of allylic oxidation sites excluding steroid dienone is 4. The zero-order valence-corrected chi connectivity index (χ0v) is 6.90. The molecule has 0 aliphatic carbocycles. The van der Waals surface area contributed by atoms with E-state index in [2.05, 4.69) is 0 Å². The summed E-state index contributed by atoms with van der Waals surface area (Å²) in [6, 6.07) is 3.37. The summed E-state index contributed by atoms with van der Waals surface area (Å²) in [5.41, 5.74) is 0.00609. The van der Waals surface area contributed by atoms with Gasteiger partial charge >= 0.3 is 5.97 Å². The van der Waals surface area contributed by atoms with Crippen LogP contribution in [0.25, 0.3) is 0 Å². The van der Waals surface area contributed by atoms with E-state index in [1.54, 1.807) is 18.2 Å². The van der Waals surface area contributed by atoms with Gasteiger partial charge in [0.25, 0.3) is 0 Å². The second-order valence-electron chi connectivity index (χ2n) is 2.16. The van der Waals surface area contributed by atoms with Crippen molar-refractivity contribution in [1.82, 2.24) is 0 Å². The standard InChI is InChI=1S/C9H8N2O2/c10-6-8(7-11)4-2-1-3-5-9(12)13/h1-2,4H,3,5H2,(H,12,13). The molecule has 0 aromatic carbocycles. The van der Waals surface area contributed by atoms with Gasteiger partial charge in [0, 0.05) is 6.42 Å². The van der Waals surface area contributed by atoms with E-state index in [-0.39, 0.29) is 12.0 Å². The summed E-state index contributed by atoms with van der Waals surface area (Å²) in [6.45, 7) is 0. The van der Waals surface area contributed by atoms with E-state index >= 15 is 0 Å². The first-order valence-corrected chi connectivity index (χ1v) is 3.59. The summed E-state index contributed by atoms with van der Waals surface area (Å²) in [5, 5.41) is 24.9. The Morgan fingerprint density at radius 3 is 2.46 bits per heavy atom. The van der Waals surface area contributed by atoms with Crippen LogP contribution in [0.4, 0.5) is 0 Å². The highest BCUT2D eigenvalue weighted by atomic mass is 16.4. The Kier molecular flexibility index (Phi) is 5.57. The fourth-order valence-electron chi connectivity index (χ4n) is 0.567. The number of nitrogens with zero attached hydrogens (tertiary/aromatic N) is 2. The van der Waals surface area contributed by atoms with E-state index in [9.17, 15) is 4.79 Å². The van der Waals surface area contributed by atoms with E-state index in [0.29, 0.717) is 6.42 Å². The minimum atomic E-state index is -0.866. The maximum atomic E-state index is 10.1. The molecule has 0 heterocycles. The van der Waals surface area contributed by atoms with Crippen molar-refractivity contribution in [2.24, 2.45) is 0 Å². The van der Waals surface area contributed by atoms with Crippen LogP contribution in [0.5, 0.6) is 0 Å². The molecule has 0 aliphatic rings. The quantitative estimate of drug-likeness (QED) is 0.518. The Hall–Kier alpha value is -2.07. The summed E-state index contributed by atoms with van der Waals surface area (Å²) in [4.78, 5) is 10.1. The average molecular weight is 176 g/mol. The molecular formula is C9H8N2O2. The minimum Gasteiger partial charge on any atom is -0.481 e. The molecule has 0 radical (unpaired) electrons. The van der Waals surface area contributed by atoms with Crippen LogP contribution in [-0.2, 0) is 4.79 Å². The molecule has 4 nitrogen and oxygen atoms in total. The number of carboxylic acid groups (broad SMARTS) is 1. The monoisotopic (exact) mass is 176 g/mol. The van der Waals surface area contributed by atoms with Crippen molar-refractivity contribution in [3.8, 4) is 12.1 Å². The van der Waals surface area contributed by atoms with Gasteiger partial charge in [-0.15, -0.1) is 0 Å². The number of rotatable bonds is 4. The van der Waals surface area contributed by atoms with Crippen LogP contribution < -0.4 is 0 Å². The molecule has 0 saturated carbocycles. The third kappa shape index (κ3) is 6.33. The molecule has 1 N–H and O–H groups in total. The molecule has 0 fully saturated rings. The van der Waals surface area contributed by atoms with Crippen molar-refractivity contribution in [3.05, 3.63) is 23.8 Å². The molecule has 0 amide bonds. The molecule has 4 heteroatoms. The smallest absolute Gasteiger partial charge is 0.303 e. The Morgan fingerprint density at radius 2 is 2.00 bits per heavy atom. The van der Waals surface area contributed by atoms with Gasteiger partial charge in [-0.1, -0.05) is 12.2 Å². The topological polar surface area (TPSA) is 84.9 Å². The van der Waals surface area contributed by atoms with Gasteiger partial charge in [0.15, 0.2) is 0 Å². The zero-order valence-electron chi connectivity index (χ0n) is 6.90. The highest BCUT2D eigenvalue weighted by Gasteiger charge is 1.91. The fourth-order valence-corrected chi connectivity index (χ4v) is 0.567. The van der Waals surface area contributed by atoms with Crippen molar-refractivity contribution in [2.45, 2.75) is 12.8 Å². The predicted octanol–water partition coefficient (Wildman–Crippen LogP) is 1.38. The van der Waals surface area contributed by atoms with Crippen molar-refractivity contribution in [2.75, 3.05) is 0 Å². The molecule has 0 aliphatic heterocycles. The number of aliphatic carboxylic acids is 1. The molecule has 66 valence electrons. The Balaban J connectivity index is 3.89. The zero-order chi connectivity index (χ0) is 10.1. The van der Waals surface area contributed by atoms with Gasteiger partial charge in [0.2, 0.25) is 0 Å². The highest BCUT2D eigenvalue weighted by molar-refractivity contribution is 5.66. The fraction of sp³-hybridized carbons (Fsp3) is 0.222. The Labute approximate surface area is 76.0 Å². The Bertz CT molecular complexity index is 299. The van der Waals surface area contributed by atoms with E-state index < -0.39 is 5.97 Å². The van der Waals surface area contributed by atoms with Gasteiger partial charge in [0.1, 0.15) is 17.7 Å². The molecule has 0 saturated heterocycles. The van der Waals surface area contributed by atoms with E-state index in [4.69, 9.17) is 15.6 Å². The molecule has 0 atom stereocenters. The summed E-state index contributed by atoms with van der Waals surface area (Å²) >= 11 is 0. The van der Waals surface area contributed by atoms with E-state index in [0.717, 1.165) is 0 Å². The van der Waals surface area contributed by atoms with Crippen molar-refractivity contribution < 1.29 is 9.90 Å². The van der Waals surface area contributed by atoms with E-state index in [1.165, 1.54) is 12.2 Å². The lowest BCUT2D eigenvalue weighted by Gasteiger charge is -1.84. The van der Waals surface area contributed by atoms with Gasteiger partial charge in [-0.25, -0.2) is 0 Å². The van der Waals surface area contributed by atoms with Crippen LogP contribution in [0.15, 0.2) is 23.8 Å². The number of hydrogen-bond donors (Lipinski definition) is 1. The maximum absolute atomic E-state index is 10.1. The first kappa shape index (κ1) is 10.9. The molecular weight excluding hydrogens is 168 g/mol. The molecule has 0 rings (SSSR count). The number of hydrogen-bond acceptors (Lipinski definition) is 3. The summed E-state index contributed by atoms with van der Waals surface area (Å²) in [7, 11) is 0. The van der Waals surface area contributed by atoms with Crippen LogP contribution >= 0.6 is 0 Å². The average Bonchev–Trinajstić information content (AvgIpc) is 2.11. The predicted molar refractivity (Wildman–Crippen MR) is 45.3 cm³/mol. The number of carboxylic acids is 1. The lowest BCUT2D eigenvalue weighted by molar-refractivity contribution is -0.136. The number of carbonyl (C=O) groups is 1. The van der Waals surface area contributed by atoms with Crippen molar-refractivity contribution in [3.63, 3.8) is 0 Å². The molecule has 0 bridgehead atoms. The third-order valence-electron chi connectivity index (χ3n) is 1.16. The molecule has 0 spiro atoms. The highest BCUT2D eigenvalue weighted by Crippen LogP contribution is 1.94. The van der Waals surface area contributed by atoms with Gasteiger partial charge in [0.05, 0.1) is 0 Å². The second kappa shape index (κ2) is 6.63. The first-order valence-electron chi connectivity index (χ1n) is 3.59. The largest absolute Gasteiger partial charge is 0.481 e. The van der Waals surface area contributed by atoms with Crippen LogP contribution in [0.2, 0.25) is 0 Å². The summed E-state index contributed by atoms with van der Waals surface area (Å²) < 4.78 is 0. The molecule has 13 heavy (non-hydrogen) atoms. The third-order valence-corrected chi connectivity index (χ3v) is 1.16. The van der Waals surface area contributed by atoms with Crippen LogP contribution in [-0.4, -0.2) is 11.1 Å². The van der Waals surface area contributed by atoms with Crippen molar-refractivity contribution >= 4 is 5.97 Å². The molecule has 0 aromatic heterocycles. The van der Waals surface area contributed by atoms with Gasteiger partial charge in [-0.2, -0.15) is 10.5 Å². The van der Waals surface area contributed by atoms with Gasteiger partial charge in [-0.3, -0.25) is 4.79 Å². The molecule has 0 aromatic rings. The normalized spacial score (nSPS) is 8.77. The summed E-state index contributed by atoms with van der Waals surface area (Å²) in [5.74, 6) is -0.866. The maximum Gasteiger partial charge on any atom is 0.303 e. The second-order valence-corrected chi connectivity index (χ2v) is 2.16. The van der Waals surface area contributed by atoms with Crippen molar-refractivity contribution in [1.29, 1.82) is 10.5 Å². The van der Waals surface area contributed by atoms with Gasteiger partial charge in [-0.05, 0) is 12.5 Å². The van der Waals surface area contributed by atoms with E-state index in [1.807, 2.05) is 0 Å². The summed E-state index contributed by atoms with van der Waals surface area (Å²) in [6.07, 6.45) is 4.91. The number of nitriles is 2. The SMILES string of the molecule is N#CC(C#N)=CC=CCCC(=O)O. The first-order chi connectivity index (χ1) is 6.20. The van der Waals surface area contributed by atoms with Gasteiger partial charge < -0.3 is 5.11 Å². The van der Waals surface area contributed by atoms with Crippen LogP contribution in [0.3, 0.4) is 0 Å². The van der Waals surface area contributed by atoms with Crippen LogP contribution in [0.1, 0.15) is 12.8 Å². The lowest BCUT2D eigenvalue weighted by atomic mass is 10.2.